The molecule has 2 aromatic heterocycles. The number of para-hydroxylation sites is 2. The number of aromatic carboxylic acids is 1. The molecular formula is C41H43N9O18S4. The molecule has 0 radical (unpaired) electrons. The number of carbonyl (C=O) groups excluding carboxylic acids is 1. The van der Waals surface area contributed by atoms with Crippen molar-refractivity contribution in [2.45, 2.75) is 33.6 Å². The van der Waals surface area contributed by atoms with Gasteiger partial charge in [0.05, 0.1) is 64.5 Å². The van der Waals surface area contributed by atoms with E-state index in [1.54, 1.807) is 56.3 Å². The van der Waals surface area contributed by atoms with Crippen molar-refractivity contribution in [3.8, 4) is 17.4 Å². The number of carboxylic acids is 1. The van der Waals surface area contributed by atoms with E-state index >= 15 is 0 Å². The smallest absolute Gasteiger partial charge is 0.425 e. The van der Waals surface area contributed by atoms with Gasteiger partial charge >= 0.3 is 16.6 Å². The summed E-state index contributed by atoms with van der Waals surface area (Å²) in [5.74, 6) is -3.47. The highest BCUT2D eigenvalue weighted by molar-refractivity contribution is 7.86. The van der Waals surface area contributed by atoms with Crippen molar-refractivity contribution in [1.82, 2.24) is 9.38 Å². The molecule has 7 N–H and O–H groups in total. The molecular weight excluding hydrogens is 1030 g/mol. The van der Waals surface area contributed by atoms with Gasteiger partial charge in [-0.05, 0) is 86.7 Å². The first kappa shape index (κ1) is 56.9. The van der Waals surface area contributed by atoms with Gasteiger partial charge in [-0.1, -0.05) is 24.3 Å². The molecule has 6 rings (SSSR count). The number of carboxylic acid groups (broad SMARTS) is 1. The minimum Gasteiger partial charge on any atom is -0.493 e. The number of carbonyl (C=O) groups is 2. The highest BCUT2D eigenvalue weighted by Gasteiger charge is 2.24. The van der Waals surface area contributed by atoms with Crippen molar-refractivity contribution in [3.63, 3.8) is 0 Å². The number of imidazole rings is 1. The summed E-state index contributed by atoms with van der Waals surface area (Å²) < 4.78 is 128. The molecule has 72 heavy (non-hydrogen) atoms. The molecule has 0 aliphatic heterocycles. The number of aryl methyl sites for hydroxylation is 2. The highest BCUT2D eigenvalue weighted by Crippen LogP contribution is 2.42. The zero-order chi connectivity index (χ0) is 53.7. The van der Waals surface area contributed by atoms with Crippen LogP contribution in [0.1, 0.15) is 50.2 Å². The predicted molar refractivity (Wildman–Crippen MR) is 256 cm³/mol. The highest BCUT2D eigenvalue weighted by atomic mass is 32.2. The van der Waals surface area contributed by atoms with E-state index in [0.29, 0.717) is 28.4 Å². The zero-order valence-corrected chi connectivity index (χ0v) is 41.3. The van der Waals surface area contributed by atoms with Crippen molar-refractivity contribution in [2.75, 3.05) is 31.0 Å². The molecule has 0 aliphatic rings. The average Bonchev–Trinajstić information content (AvgIpc) is 3.64. The Balaban J connectivity index is 0.00000115. The fourth-order valence-electron chi connectivity index (χ4n) is 6.22. The predicted octanol–water partition coefficient (Wildman–Crippen LogP) is 6.97. The molecule has 0 spiro atoms. The van der Waals surface area contributed by atoms with E-state index in [-0.39, 0.29) is 99.9 Å². The van der Waals surface area contributed by atoms with Crippen LogP contribution in [0.15, 0.2) is 103 Å². The number of hydrogen-bond donors (Lipinski definition) is 6. The van der Waals surface area contributed by atoms with Gasteiger partial charge in [-0.25, -0.2) is 9.78 Å². The summed E-state index contributed by atoms with van der Waals surface area (Å²) in [6.07, 6.45) is 0.510. The van der Waals surface area contributed by atoms with Gasteiger partial charge in [-0.15, -0.1) is 33.1 Å². The van der Waals surface area contributed by atoms with Crippen LogP contribution in [-0.4, -0.2) is 114 Å². The molecule has 0 aliphatic carbocycles. The lowest BCUT2D eigenvalue weighted by Gasteiger charge is -2.13. The number of aromatic nitrogens is 2. The summed E-state index contributed by atoms with van der Waals surface area (Å²) in [7, 11) is -15.4. The summed E-state index contributed by atoms with van der Waals surface area (Å²) >= 11 is 0. The Morgan fingerprint density at radius 2 is 1.11 bits per heavy atom. The standard InChI is InChI=1S/C40H39N9O12S2.CH4O3S.O3S/c1-22-18-30(33(60-14-8-16-62(54,55)56)20-28(22)44-43-26-11-5-4-10-25(26)40(52)53)46-45-29-21-34(61-15-9-17-63(57,58)59)31(19-23(29)2)47-48-36-24(3)35(37(41)50)38-42-27-12-6-7-13-32(27)49(38)39(36)51;1-5(2,3)4;1-4(2)3/h4-7,10-13,18-21,51H,8-9,14-17H2,1-3H3,(H2,41,50)(H,52,53)(H,54,55,56)(H,57,58,59);1H3,(H,2,3,4);. The van der Waals surface area contributed by atoms with E-state index in [9.17, 15) is 54.2 Å². The number of primary amides is 1. The molecule has 0 saturated heterocycles. The fourth-order valence-corrected chi connectivity index (χ4v) is 7.18. The second kappa shape index (κ2) is 24.4. The molecule has 0 atom stereocenters. The molecule has 0 saturated carbocycles. The first-order chi connectivity index (χ1) is 33.5. The fraction of sp³-hybridized carbons (Fsp3) is 0.244. The Bertz CT molecular complexity index is 3590. The molecule has 0 bridgehead atoms. The van der Waals surface area contributed by atoms with Crippen LogP contribution in [-0.2, 0) is 41.0 Å². The molecule has 384 valence electrons. The second-order valence-corrected chi connectivity index (χ2v) is 19.9. The van der Waals surface area contributed by atoms with E-state index in [1.807, 2.05) is 0 Å². The van der Waals surface area contributed by atoms with E-state index < -0.39 is 64.3 Å². The lowest BCUT2D eigenvalue weighted by Crippen LogP contribution is -2.15. The SMILES string of the molecule is CS(=O)(=O)O.Cc1cc(N=Nc2c(C)c(C(N)=O)c3nc4ccccc4n3c2O)c(OCCCS(=O)(=O)O)cc1N=Nc1cc(C)c(N=Nc2ccccc2C(=O)O)cc1OCCCS(=O)(=O)O.O=S(=O)=O. The Hall–Kier alpha value is -7.68. The number of azo groups is 3. The van der Waals surface area contributed by atoms with Gasteiger partial charge < -0.3 is 25.4 Å². The summed E-state index contributed by atoms with van der Waals surface area (Å²) in [6.45, 7) is 4.49. The van der Waals surface area contributed by atoms with Gasteiger partial charge in [0.1, 0.15) is 34.2 Å². The van der Waals surface area contributed by atoms with Gasteiger partial charge in [0.15, 0.2) is 5.65 Å². The first-order valence-electron chi connectivity index (χ1n) is 20.2. The summed E-state index contributed by atoms with van der Waals surface area (Å²) in [5, 5.41) is 46.8. The third-order valence-corrected chi connectivity index (χ3v) is 10.9. The Morgan fingerprint density at radius 3 is 1.58 bits per heavy atom. The summed E-state index contributed by atoms with van der Waals surface area (Å²) in [5.41, 5.74) is 8.66. The van der Waals surface area contributed by atoms with Crippen LogP contribution in [0.3, 0.4) is 0 Å². The van der Waals surface area contributed by atoms with Crippen molar-refractivity contribution < 1.29 is 80.8 Å². The third-order valence-electron chi connectivity index (χ3n) is 9.27. The number of nitrogens with two attached hydrogens (primary N) is 1. The molecule has 31 heteroatoms. The topological polar surface area (TPSA) is 425 Å². The van der Waals surface area contributed by atoms with Crippen LogP contribution >= 0.6 is 0 Å². The Morgan fingerprint density at radius 1 is 0.681 bits per heavy atom. The van der Waals surface area contributed by atoms with Crippen molar-refractivity contribution >= 4 is 104 Å². The molecule has 2 heterocycles. The monoisotopic (exact) mass is 1080 g/mol. The number of amides is 1. The maximum absolute atomic E-state index is 12.7. The van der Waals surface area contributed by atoms with Gasteiger partial charge in [0.25, 0.3) is 36.3 Å². The maximum atomic E-state index is 12.7. The molecule has 4 aromatic carbocycles. The van der Waals surface area contributed by atoms with Crippen LogP contribution in [0.25, 0.3) is 16.7 Å². The quantitative estimate of drug-likeness (QED) is 0.0287. The van der Waals surface area contributed by atoms with Crippen LogP contribution in [0.4, 0.5) is 34.1 Å². The minimum absolute atomic E-state index is 0.00297. The molecule has 6 aromatic rings. The molecule has 0 unspecified atom stereocenters. The van der Waals surface area contributed by atoms with Gasteiger partial charge in [0, 0.05) is 12.1 Å². The molecule has 27 nitrogen and oxygen atoms in total. The van der Waals surface area contributed by atoms with E-state index in [1.165, 1.54) is 41.7 Å². The van der Waals surface area contributed by atoms with Crippen LogP contribution in [0.5, 0.6) is 17.4 Å². The largest absolute Gasteiger partial charge is 0.493 e. The van der Waals surface area contributed by atoms with Gasteiger partial charge in [-0.3, -0.25) is 22.9 Å². The molecule has 0 fully saturated rings. The lowest BCUT2D eigenvalue weighted by molar-refractivity contribution is 0.0697. The Labute approximate surface area is 411 Å². The first-order valence-corrected chi connectivity index (χ1v) is 26.3. The zero-order valence-electron chi connectivity index (χ0n) is 38.0. The number of benzene rings is 4. The number of hydrogen-bond acceptors (Lipinski definition) is 21. The number of fused-ring (bicyclic) bond motifs is 3. The number of ether oxygens (including phenoxy) is 2. The average molecular weight is 1080 g/mol. The molecule has 1 amide bonds. The van der Waals surface area contributed by atoms with Crippen molar-refractivity contribution in [3.05, 3.63) is 101 Å². The van der Waals surface area contributed by atoms with Crippen LogP contribution in [0.2, 0.25) is 0 Å². The van der Waals surface area contributed by atoms with E-state index in [4.69, 9.17) is 32.4 Å². The maximum Gasteiger partial charge on any atom is 0.425 e. The minimum atomic E-state index is -4.31. The summed E-state index contributed by atoms with van der Waals surface area (Å²) in [6, 6.07) is 18.8. The number of aromatic hydroxyl groups is 1. The van der Waals surface area contributed by atoms with Crippen molar-refractivity contribution in [1.29, 1.82) is 0 Å². The second-order valence-electron chi connectivity index (χ2n) is 14.8. The van der Waals surface area contributed by atoms with Crippen LogP contribution in [0, 0.1) is 20.8 Å². The third kappa shape index (κ3) is 17.0. The normalized spacial score (nSPS) is 11.9. The van der Waals surface area contributed by atoms with Gasteiger partial charge in [0.2, 0.25) is 5.88 Å². The van der Waals surface area contributed by atoms with Crippen molar-refractivity contribution in [2.24, 2.45) is 36.4 Å². The Kier molecular flexibility index (Phi) is 19.3. The number of nitrogens with zero attached hydrogens (tertiary/aromatic N) is 8. The van der Waals surface area contributed by atoms with Gasteiger partial charge in [-0.2, -0.15) is 35.5 Å². The van der Waals surface area contributed by atoms with E-state index in [2.05, 4.69) is 35.7 Å². The summed E-state index contributed by atoms with van der Waals surface area (Å²) in [4.78, 5) is 28.9. The lowest BCUT2D eigenvalue weighted by atomic mass is 10.1. The van der Waals surface area contributed by atoms with Crippen LogP contribution < -0.4 is 15.2 Å². The number of rotatable bonds is 18. The number of pyridine rings is 1. The van der Waals surface area contributed by atoms with E-state index in [0.717, 1.165) is 0 Å².